The van der Waals surface area contributed by atoms with Gasteiger partial charge in [0.05, 0.1) is 5.41 Å². The molecule has 0 unspecified atom stereocenters. The lowest BCUT2D eigenvalue weighted by Crippen LogP contribution is -2.35. The molecule has 1 aromatic heterocycles. The second-order valence-electron chi connectivity index (χ2n) is 5.93. The number of carbonyl (C=O) groups is 1. The molecule has 0 saturated heterocycles. The van der Waals surface area contributed by atoms with E-state index in [1.807, 2.05) is 4.68 Å². The van der Waals surface area contributed by atoms with Gasteiger partial charge in [0.2, 0.25) is 0 Å². The molecule has 1 aliphatic carbocycles. The van der Waals surface area contributed by atoms with Gasteiger partial charge in [-0.1, -0.05) is 39.0 Å². The summed E-state index contributed by atoms with van der Waals surface area (Å²) < 4.78 is 1.86. The molecule has 1 heterocycles. The highest BCUT2D eigenvalue weighted by molar-refractivity contribution is 5.74. The first kappa shape index (κ1) is 15.0. The van der Waals surface area contributed by atoms with Crippen LogP contribution in [-0.4, -0.2) is 25.8 Å². The Bertz CT molecular complexity index is 434. The van der Waals surface area contributed by atoms with Crippen molar-refractivity contribution in [2.24, 2.45) is 5.41 Å². The van der Waals surface area contributed by atoms with Crippen LogP contribution >= 0.6 is 0 Å². The van der Waals surface area contributed by atoms with E-state index in [0.29, 0.717) is 6.42 Å². The van der Waals surface area contributed by atoms with Gasteiger partial charge in [-0.15, -0.1) is 0 Å². The molecule has 112 valence electrons. The molecule has 0 radical (unpaired) electrons. The van der Waals surface area contributed by atoms with Crippen LogP contribution in [-0.2, 0) is 17.8 Å². The maximum Gasteiger partial charge on any atom is 0.310 e. The first-order valence-electron chi connectivity index (χ1n) is 7.78. The predicted molar refractivity (Wildman–Crippen MR) is 76.4 cm³/mol. The van der Waals surface area contributed by atoms with E-state index >= 15 is 0 Å². The molecule has 5 nitrogen and oxygen atoms in total. The molecular weight excluding hydrogens is 254 g/mol. The van der Waals surface area contributed by atoms with Crippen molar-refractivity contribution in [3.63, 3.8) is 0 Å². The number of rotatable bonds is 5. The van der Waals surface area contributed by atoms with Crippen LogP contribution in [0, 0.1) is 5.41 Å². The standard InChI is InChI=1S/C15H25N3O2/c1-2-10-18-13(16-12-17-18)11-15(14(19)20)8-6-4-3-5-7-9-15/h12H,2-11H2,1H3,(H,19,20). The predicted octanol–water partition coefficient (Wildman–Crippen LogP) is 3.05. The van der Waals surface area contributed by atoms with Gasteiger partial charge in [-0.2, -0.15) is 5.10 Å². The Morgan fingerprint density at radius 3 is 2.55 bits per heavy atom. The molecule has 0 bridgehead atoms. The number of aliphatic carboxylic acids is 1. The summed E-state index contributed by atoms with van der Waals surface area (Å²) in [7, 11) is 0. The molecule has 1 aliphatic rings. The third kappa shape index (κ3) is 3.38. The van der Waals surface area contributed by atoms with Gasteiger partial charge in [-0.05, 0) is 19.3 Å². The van der Waals surface area contributed by atoms with Crippen LogP contribution in [0.1, 0.15) is 64.1 Å². The van der Waals surface area contributed by atoms with Crippen LogP contribution in [0.2, 0.25) is 0 Å². The second kappa shape index (κ2) is 6.86. The minimum absolute atomic E-state index is 0.516. The summed E-state index contributed by atoms with van der Waals surface area (Å²) in [6.07, 6.45) is 10.1. The smallest absolute Gasteiger partial charge is 0.310 e. The van der Waals surface area contributed by atoms with E-state index in [9.17, 15) is 9.90 Å². The largest absolute Gasteiger partial charge is 0.481 e. The third-order valence-corrected chi connectivity index (χ3v) is 4.39. The molecule has 1 fully saturated rings. The normalized spacial score (nSPS) is 19.2. The fourth-order valence-electron chi connectivity index (χ4n) is 3.17. The molecule has 0 spiro atoms. The maximum absolute atomic E-state index is 11.9. The minimum Gasteiger partial charge on any atom is -0.481 e. The van der Waals surface area contributed by atoms with Crippen molar-refractivity contribution in [2.45, 2.75) is 71.3 Å². The highest BCUT2D eigenvalue weighted by atomic mass is 16.4. The van der Waals surface area contributed by atoms with E-state index in [4.69, 9.17) is 0 Å². The average Bonchev–Trinajstić information content (AvgIpc) is 2.80. The lowest BCUT2D eigenvalue weighted by Gasteiger charge is -2.31. The van der Waals surface area contributed by atoms with E-state index in [-0.39, 0.29) is 0 Å². The Hall–Kier alpha value is -1.39. The summed E-state index contributed by atoms with van der Waals surface area (Å²) in [5, 5.41) is 14.0. The lowest BCUT2D eigenvalue weighted by atomic mass is 9.73. The van der Waals surface area contributed by atoms with Crippen LogP contribution in [0.15, 0.2) is 6.33 Å². The van der Waals surface area contributed by atoms with Crippen molar-refractivity contribution in [1.29, 1.82) is 0 Å². The summed E-state index contributed by atoms with van der Waals surface area (Å²) in [6, 6.07) is 0. The molecule has 20 heavy (non-hydrogen) atoms. The molecule has 0 amide bonds. The van der Waals surface area contributed by atoms with Gasteiger partial charge in [0.25, 0.3) is 0 Å². The van der Waals surface area contributed by atoms with Crippen LogP contribution < -0.4 is 0 Å². The van der Waals surface area contributed by atoms with Crippen molar-refractivity contribution in [2.75, 3.05) is 0 Å². The second-order valence-corrected chi connectivity index (χ2v) is 5.93. The number of aryl methyl sites for hydroxylation is 1. The average molecular weight is 279 g/mol. The van der Waals surface area contributed by atoms with E-state index in [2.05, 4.69) is 17.0 Å². The molecule has 1 saturated carbocycles. The molecule has 2 rings (SSSR count). The number of carboxylic acid groups (broad SMARTS) is 1. The van der Waals surface area contributed by atoms with Gasteiger partial charge in [0.1, 0.15) is 12.2 Å². The fraction of sp³-hybridized carbons (Fsp3) is 0.800. The van der Waals surface area contributed by atoms with Gasteiger partial charge in [-0.25, -0.2) is 4.98 Å². The van der Waals surface area contributed by atoms with Crippen LogP contribution in [0.4, 0.5) is 0 Å². The SMILES string of the molecule is CCCn1ncnc1CC1(C(=O)O)CCCCCCC1. The van der Waals surface area contributed by atoms with Crippen LogP contribution in [0.3, 0.4) is 0 Å². The minimum atomic E-state index is -0.662. The van der Waals surface area contributed by atoms with Crippen molar-refractivity contribution in [3.05, 3.63) is 12.2 Å². The maximum atomic E-state index is 11.9. The molecule has 1 N–H and O–H groups in total. The molecule has 1 aromatic rings. The lowest BCUT2D eigenvalue weighted by molar-refractivity contribution is -0.150. The third-order valence-electron chi connectivity index (χ3n) is 4.39. The molecule has 0 aromatic carbocycles. The summed E-state index contributed by atoms with van der Waals surface area (Å²) in [5.74, 6) is 0.167. The zero-order valence-electron chi connectivity index (χ0n) is 12.3. The monoisotopic (exact) mass is 279 g/mol. The van der Waals surface area contributed by atoms with E-state index in [1.165, 1.54) is 6.42 Å². The Labute approximate surface area is 120 Å². The van der Waals surface area contributed by atoms with E-state index < -0.39 is 11.4 Å². The zero-order chi connectivity index (χ0) is 14.4. The Morgan fingerprint density at radius 2 is 1.95 bits per heavy atom. The van der Waals surface area contributed by atoms with Gasteiger partial charge < -0.3 is 5.11 Å². The van der Waals surface area contributed by atoms with Crippen molar-refractivity contribution in [1.82, 2.24) is 14.8 Å². The van der Waals surface area contributed by atoms with Crippen molar-refractivity contribution in [3.8, 4) is 0 Å². The van der Waals surface area contributed by atoms with Gasteiger partial charge >= 0.3 is 5.97 Å². The van der Waals surface area contributed by atoms with Crippen LogP contribution in [0.25, 0.3) is 0 Å². The summed E-state index contributed by atoms with van der Waals surface area (Å²) >= 11 is 0. The summed E-state index contributed by atoms with van der Waals surface area (Å²) in [4.78, 5) is 16.2. The van der Waals surface area contributed by atoms with E-state index in [1.54, 1.807) is 6.33 Å². The first-order valence-corrected chi connectivity index (χ1v) is 7.78. The highest BCUT2D eigenvalue weighted by Gasteiger charge is 2.39. The Kier molecular flexibility index (Phi) is 5.15. The quantitative estimate of drug-likeness (QED) is 0.899. The number of carboxylic acids is 1. The molecular formula is C15H25N3O2. The number of nitrogens with zero attached hydrogens (tertiary/aromatic N) is 3. The number of aromatic nitrogens is 3. The topological polar surface area (TPSA) is 68.0 Å². The summed E-state index contributed by atoms with van der Waals surface area (Å²) in [5.41, 5.74) is -0.640. The fourth-order valence-corrected chi connectivity index (χ4v) is 3.17. The van der Waals surface area contributed by atoms with Gasteiger partial charge in [0, 0.05) is 13.0 Å². The Morgan fingerprint density at radius 1 is 1.30 bits per heavy atom. The summed E-state index contributed by atoms with van der Waals surface area (Å²) in [6.45, 7) is 2.90. The van der Waals surface area contributed by atoms with Crippen LogP contribution in [0.5, 0.6) is 0 Å². The number of hydrogen-bond acceptors (Lipinski definition) is 3. The molecule has 5 heteroatoms. The molecule has 0 aliphatic heterocycles. The van der Waals surface area contributed by atoms with E-state index in [0.717, 1.165) is 57.3 Å². The zero-order valence-corrected chi connectivity index (χ0v) is 12.3. The number of hydrogen-bond donors (Lipinski definition) is 1. The van der Waals surface area contributed by atoms with Gasteiger partial charge in [0.15, 0.2) is 0 Å². The van der Waals surface area contributed by atoms with Crippen molar-refractivity contribution < 1.29 is 9.90 Å². The van der Waals surface area contributed by atoms with Gasteiger partial charge in [-0.3, -0.25) is 9.48 Å². The van der Waals surface area contributed by atoms with Crippen molar-refractivity contribution >= 4 is 5.97 Å². The molecule has 0 atom stereocenters. The highest BCUT2D eigenvalue weighted by Crippen LogP contribution is 2.37. The Balaban J connectivity index is 2.18. The first-order chi connectivity index (χ1) is 9.68.